The van der Waals surface area contributed by atoms with Gasteiger partial charge in [0.2, 0.25) is 12.7 Å². The van der Waals surface area contributed by atoms with Gasteiger partial charge in [-0.1, -0.05) is 18.2 Å². The second-order valence-electron chi connectivity index (χ2n) is 5.79. The summed E-state index contributed by atoms with van der Waals surface area (Å²) in [6.45, 7) is 1.38. The van der Waals surface area contributed by atoms with E-state index in [0.717, 1.165) is 22.6 Å². The van der Waals surface area contributed by atoms with Crippen molar-refractivity contribution in [1.82, 2.24) is 9.97 Å². The molecule has 1 aliphatic heterocycles. The normalized spacial score (nSPS) is 12.0. The molecular weight excluding hydrogens is 335 g/mol. The Bertz CT molecular complexity index is 902. The number of anilines is 2. The van der Waals surface area contributed by atoms with Gasteiger partial charge in [-0.3, -0.25) is 0 Å². The first kappa shape index (κ1) is 16.1. The molecule has 7 heteroatoms. The molecule has 0 atom stereocenters. The molecule has 0 saturated heterocycles. The fraction of sp³-hybridized carbons (Fsp3) is 0.158. The summed E-state index contributed by atoms with van der Waals surface area (Å²) in [5, 5.41) is 6.39. The monoisotopic (exact) mass is 352 g/mol. The second-order valence-corrected chi connectivity index (χ2v) is 5.79. The highest BCUT2D eigenvalue weighted by atomic mass is 19.1. The van der Waals surface area contributed by atoms with Gasteiger partial charge in [0.05, 0.1) is 0 Å². The Morgan fingerprint density at radius 3 is 2.54 bits per heavy atom. The molecule has 6 nitrogen and oxygen atoms in total. The topological polar surface area (TPSA) is 68.3 Å². The number of nitrogens with one attached hydrogen (secondary N) is 2. The lowest BCUT2D eigenvalue weighted by Crippen LogP contribution is -2.06. The zero-order chi connectivity index (χ0) is 17.8. The number of aromatic nitrogens is 2. The van der Waals surface area contributed by atoms with Crippen LogP contribution >= 0.6 is 0 Å². The Balaban J connectivity index is 1.35. The lowest BCUT2D eigenvalue weighted by molar-refractivity contribution is 0.174. The number of rotatable bonds is 6. The number of ether oxygens (including phenoxy) is 2. The maximum absolute atomic E-state index is 12.9. The van der Waals surface area contributed by atoms with Gasteiger partial charge in [0.1, 0.15) is 11.6 Å². The van der Waals surface area contributed by atoms with E-state index >= 15 is 0 Å². The van der Waals surface area contributed by atoms with Crippen LogP contribution in [0.25, 0.3) is 0 Å². The second kappa shape index (κ2) is 7.26. The highest BCUT2D eigenvalue weighted by Gasteiger charge is 2.13. The fourth-order valence-corrected chi connectivity index (χ4v) is 2.57. The molecule has 3 aromatic rings. The van der Waals surface area contributed by atoms with E-state index in [1.807, 2.05) is 18.2 Å². The van der Waals surface area contributed by atoms with Crippen molar-refractivity contribution in [3.63, 3.8) is 0 Å². The number of hydrogen-bond donors (Lipinski definition) is 2. The summed E-state index contributed by atoms with van der Waals surface area (Å²) in [5.41, 5.74) is 2.02. The standard InChI is InChI=1S/C19H17FN4O2/c20-15-4-1-13(2-5-15)10-22-18-7-8-21-19(24-18)23-11-14-3-6-16-17(9-14)26-12-25-16/h1-9H,10-12H2,(H2,21,22,23,24). The molecule has 132 valence electrons. The largest absolute Gasteiger partial charge is 0.454 e. The Hall–Kier alpha value is -3.35. The summed E-state index contributed by atoms with van der Waals surface area (Å²) in [5.74, 6) is 2.48. The molecule has 0 bridgehead atoms. The van der Waals surface area contributed by atoms with Crippen LogP contribution < -0.4 is 20.1 Å². The average Bonchev–Trinajstić information content (AvgIpc) is 3.14. The SMILES string of the molecule is Fc1ccc(CNc2ccnc(NCc3ccc4c(c3)OCO4)n2)cc1. The molecule has 2 N–H and O–H groups in total. The summed E-state index contributed by atoms with van der Waals surface area (Å²) < 4.78 is 23.6. The molecular formula is C19H17FN4O2. The van der Waals surface area contributed by atoms with Crippen molar-refractivity contribution in [2.45, 2.75) is 13.1 Å². The van der Waals surface area contributed by atoms with E-state index in [-0.39, 0.29) is 12.6 Å². The van der Waals surface area contributed by atoms with Crippen LogP contribution in [-0.4, -0.2) is 16.8 Å². The van der Waals surface area contributed by atoms with Crippen molar-refractivity contribution in [3.05, 3.63) is 71.7 Å². The van der Waals surface area contributed by atoms with E-state index < -0.39 is 0 Å². The van der Waals surface area contributed by atoms with Crippen molar-refractivity contribution >= 4 is 11.8 Å². The summed E-state index contributed by atoms with van der Waals surface area (Å²) >= 11 is 0. The van der Waals surface area contributed by atoms with Crippen LogP contribution in [0.3, 0.4) is 0 Å². The van der Waals surface area contributed by atoms with Gasteiger partial charge in [-0.15, -0.1) is 0 Å². The average molecular weight is 352 g/mol. The van der Waals surface area contributed by atoms with Gasteiger partial charge >= 0.3 is 0 Å². The van der Waals surface area contributed by atoms with E-state index in [1.165, 1.54) is 12.1 Å². The predicted octanol–water partition coefficient (Wildman–Crippen LogP) is 3.57. The minimum atomic E-state index is -0.245. The lowest BCUT2D eigenvalue weighted by Gasteiger charge is -2.09. The van der Waals surface area contributed by atoms with Crippen LogP contribution in [0.5, 0.6) is 11.5 Å². The Labute approximate surface area is 150 Å². The molecule has 0 amide bonds. The molecule has 0 spiro atoms. The molecule has 0 aliphatic carbocycles. The van der Waals surface area contributed by atoms with Crippen LogP contribution in [0, 0.1) is 5.82 Å². The zero-order valence-corrected chi connectivity index (χ0v) is 13.9. The molecule has 4 rings (SSSR count). The van der Waals surface area contributed by atoms with Crippen molar-refractivity contribution in [3.8, 4) is 11.5 Å². The molecule has 0 saturated carbocycles. The summed E-state index contributed by atoms with van der Waals surface area (Å²) in [6.07, 6.45) is 1.68. The molecule has 2 heterocycles. The zero-order valence-electron chi connectivity index (χ0n) is 13.9. The third kappa shape index (κ3) is 3.83. The number of benzene rings is 2. The molecule has 1 aromatic heterocycles. The maximum atomic E-state index is 12.9. The van der Waals surface area contributed by atoms with E-state index in [2.05, 4.69) is 20.6 Å². The molecule has 26 heavy (non-hydrogen) atoms. The first-order valence-electron chi connectivity index (χ1n) is 8.20. The molecule has 2 aromatic carbocycles. The van der Waals surface area contributed by atoms with Gasteiger partial charge in [-0.25, -0.2) is 9.37 Å². The summed E-state index contributed by atoms with van der Waals surface area (Å²) in [7, 11) is 0. The van der Waals surface area contributed by atoms with E-state index in [9.17, 15) is 4.39 Å². The minimum Gasteiger partial charge on any atom is -0.454 e. The van der Waals surface area contributed by atoms with Gasteiger partial charge in [-0.2, -0.15) is 4.98 Å². The Morgan fingerprint density at radius 2 is 1.65 bits per heavy atom. The van der Waals surface area contributed by atoms with Crippen molar-refractivity contribution in [2.75, 3.05) is 17.4 Å². The summed E-state index contributed by atoms with van der Waals surface area (Å²) in [6, 6.07) is 13.9. The smallest absolute Gasteiger partial charge is 0.231 e. The highest BCUT2D eigenvalue weighted by Crippen LogP contribution is 2.32. The number of hydrogen-bond acceptors (Lipinski definition) is 6. The summed E-state index contributed by atoms with van der Waals surface area (Å²) in [4.78, 5) is 8.66. The Morgan fingerprint density at radius 1 is 0.885 bits per heavy atom. The maximum Gasteiger partial charge on any atom is 0.231 e. The molecule has 1 aliphatic rings. The highest BCUT2D eigenvalue weighted by molar-refractivity contribution is 5.46. The van der Waals surface area contributed by atoms with E-state index in [4.69, 9.17) is 9.47 Å². The minimum absolute atomic E-state index is 0.245. The van der Waals surface area contributed by atoms with Crippen molar-refractivity contribution < 1.29 is 13.9 Å². The number of fused-ring (bicyclic) bond motifs is 1. The van der Waals surface area contributed by atoms with Crippen molar-refractivity contribution in [1.29, 1.82) is 0 Å². The van der Waals surface area contributed by atoms with Crippen LogP contribution in [0.2, 0.25) is 0 Å². The third-order valence-electron chi connectivity index (χ3n) is 3.93. The van der Waals surface area contributed by atoms with Crippen LogP contribution in [0.1, 0.15) is 11.1 Å². The number of nitrogens with zero attached hydrogens (tertiary/aromatic N) is 2. The van der Waals surface area contributed by atoms with Crippen molar-refractivity contribution in [2.24, 2.45) is 0 Å². The first-order chi connectivity index (χ1) is 12.8. The van der Waals surface area contributed by atoms with Crippen LogP contribution in [0.4, 0.5) is 16.2 Å². The predicted molar refractivity (Wildman–Crippen MR) is 95.7 cm³/mol. The van der Waals surface area contributed by atoms with Gasteiger partial charge in [0, 0.05) is 19.3 Å². The molecule has 0 unspecified atom stereocenters. The van der Waals surface area contributed by atoms with Crippen LogP contribution in [0.15, 0.2) is 54.7 Å². The van der Waals surface area contributed by atoms with Gasteiger partial charge < -0.3 is 20.1 Å². The van der Waals surface area contributed by atoms with Gasteiger partial charge in [0.25, 0.3) is 0 Å². The molecule has 0 fully saturated rings. The van der Waals surface area contributed by atoms with Gasteiger partial charge in [-0.05, 0) is 41.5 Å². The number of halogens is 1. The van der Waals surface area contributed by atoms with E-state index in [1.54, 1.807) is 24.4 Å². The first-order valence-corrected chi connectivity index (χ1v) is 8.20. The fourth-order valence-electron chi connectivity index (χ4n) is 2.57. The van der Waals surface area contributed by atoms with Crippen LogP contribution in [-0.2, 0) is 13.1 Å². The quantitative estimate of drug-likeness (QED) is 0.707. The Kier molecular flexibility index (Phi) is 4.51. The molecule has 0 radical (unpaired) electrons. The van der Waals surface area contributed by atoms with E-state index in [0.29, 0.717) is 24.9 Å². The van der Waals surface area contributed by atoms with Gasteiger partial charge in [0.15, 0.2) is 11.5 Å². The lowest BCUT2D eigenvalue weighted by atomic mass is 10.2. The third-order valence-corrected chi connectivity index (χ3v) is 3.93.